The standard InChI is InChI=1S/C17H35N5/c1-5-21-11-6-7-16(21)13-20-17(18-4)19-10-12-22(14(2)3)15-8-9-15/h14-16H,5-13H2,1-4H3,(H2,18,19,20). The lowest BCUT2D eigenvalue weighted by molar-refractivity contribution is 0.215. The molecule has 0 spiro atoms. The number of likely N-dealkylation sites (tertiary alicyclic amines) is 1. The summed E-state index contributed by atoms with van der Waals surface area (Å²) in [6, 6.07) is 2.14. The summed E-state index contributed by atoms with van der Waals surface area (Å²) in [5, 5.41) is 6.98. The number of hydrogen-bond acceptors (Lipinski definition) is 3. The van der Waals surface area contributed by atoms with Crippen LogP contribution >= 0.6 is 0 Å². The number of rotatable bonds is 8. The minimum atomic E-state index is 0.640. The van der Waals surface area contributed by atoms with Crippen molar-refractivity contribution >= 4 is 5.96 Å². The van der Waals surface area contributed by atoms with Crippen molar-refractivity contribution in [3.8, 4) is 0 Å². The highest BCUT2D eigenvalue weighted by Crippen LogP contribution is 2.27. The number of nitrogens with one attached hydrogen (secondary N) is 2. The van der Waals surface area contributed by atoms with E-state index in [1.54, 1.807) is 0 Å². The van der Waals surface area contributed by atoms with Crippen molar-refractivity contribution in [2.24, 2.45) is 4.99 Å². The van der Waals surface area contributed by atoms with Crippen LogP contribution < -0.4 is 10.6 Å². The first-order valence-electron chi connectivity index (χ1n) is 9.10. The molecule has 0 radical (unpaired) electrons. The number of aliphatic imine (C=N–C) groups is 1. The van der Waals surface area contributed by atoms with Gasteiger partial charge in [-0.15, -0.1) is 0 Å². The maximum atomic E-state index is 4.36. The van der Waals surface area contributed by atoms with E-state index in [-0.39, 0.29) is 0 Å². The Morgan fingerprint density at radius 2 is 2.05 bits per heavy atom. The lowest BCUT2D eigenvalue weighted by Gasteiger charge is -2.27. The molecule has 1 aliphatic heterocycles. The first-order chi connectivity index (χ1) is 10.7. The number of nitrogens with zero attached hydrogens (tertiary/aromatic N) is 3. The second kappa shape index (κ2) is 8.73. The SMILES string of the molecule is CCN1CCCC1CNC(=NC)NCCN(C(C)C)C1CC1. The van der Waals surface area contributed by atoms with E-state index in [1.165, 1.54) is 32.2 Å². The number of likely N-dealkylation sites (N-methyl/N-ethyl adjacent to an activating group) is 1. The Balaban J connectivity index is 1.66. The van der Waals surface area contributed by atoms with E-state index in [1.807, 2.05) is 7.05 Å². The molecule has 1 heterocycles. The van der Waals surface area contributed by atoms with E-state index in [4.69, 9.17) is 0 Å². The van der Waals surface area contributed by atoms with Gasteiger partial charge in [-0.2, -0.15) is 0 Å². The van der Waals surface area contributed by atoms with Crippen molar-refractivity contribution in [3.63, 3.8) is 0 Å². The lowest BCUT2D eigenvalue weighted by Crippen LogP contribution is -2.47. The van der Waals surface area contributed by atoms with Gasteiger partial charge in [0.2, 0.25) is 0 Å². The molecule has 1 atom stereocenters. The van der Waals surface area contributed by atoms with Crippen LogP contribution in [0.4, 0.5) is 0 Å². The summed E-state index contributed by atoms with van der Waals surface area (Å²) >= 11 is 0. The molecule has 5 heteroatoms. The summed E-state index contributed by atoms with van der Waals surface area (Å²) in [4.78, 5) is 9.53. The molecule has 0 amide bonds. The third kappa shape index (κ3) is 5.13. The van der Waals surface area contributed by atoms with Gasteiger partial charge in [-0.25, -0.2) is 0 Å². The molecule has 0 aromatic carbocycles. The molecule has 2 fully saturated rings. The van der Waals surface area contributed by atoms with Gasteiger partial charge in [-0.1, -0.05) is 6.92 Å². The van der Waals surface area contributed by atoms with Gasteiger partial charge in [0, 0.05) is 44.8 Å². The van der Waals surface area contributed by atoms with Gasteiger partial charge in [0.15, 0.2) is 5.96 Å². The minimum Gasteiger partial charge on any atom is -0.355 e. The van der Waals surface area contributed by atoms with Gasteiger partial charge in [0.25, 0.3) is 0 Å². The fourth-order valence-corrected chi connectivity index (χ4v) is 3.55. The van der Waals surface area contributed by atoms with Crippen LogP contribution in [0.5, 0.6) is 0 Å². The van der Waals surface area contributed by atoms with Gasteiger partial charge in [0.1, 0.15) is 0 Å². The van der Waals surface area contributed by atoms with Gasteiger partial charge < -0.3 is 10.6 Å². The first kappa shape index (κ1) is 17.5. The molecule has 2 aliphatic rings. The molecule has 0 aromatic rings. The summed E-state index contributed by atoms with van der Waals surface area (Å²) < 4.78 is 0. The van der Waals surface area contributed by atoms with Crippen LogP contribution in [0.2, 0.25) is 0 Å². The van der Waals surface area contributed by atoms with Crippen LogP contribution in [-0.2, 0) is 0 Å². The zero-order valence-electron chi connectivity index (χ0n) is 14.9. The summed E-state index contributed by atoms with van der Waals surface area (Å²) in [5.41, 5.74) is 0. The van der Waals surface area contributed by atoms with Crippen molar-refractivity contribution in [2.75, 3.05) is 39.8 Å². The molecule has 2 N–H and O–H groups in total. The van der Waals surface area contributed by atoms with E-state index in [0.717, 1.165) is 38.2 Å². The van der Waals surface area contributed by atoms with E-state index in [0.29, 0.717) is 12.1 Å². The molecule has 1 aliphatic carbocycles. The van der Waals surface area contributed by atoms with Crippen molar-refractivity contribution in [3.05, 3.63) is 0 Å². The normalized spacial score (nSPS) is 23.5. The van der Waals surface area contributed by atoms with Crippen LogP contribution in [0.3, 0.4) is 0 Å². The molecule has 1 saturated carbocycles. The van der Waals surface area contributed by atoms with Gasteiger partial charge in [-0.05, 0) is 52.6 Å². The Kier molecular flexibility index (Phi) is 6.96. The molecule has 0 aromatic heterocycles. The van der Waals surface area contributed by atoms with Crippen LogP contribution in [0, 0.1) is 0 Å². The largest absolute Gasteiger partial charge is 0.355 e. The van der Waals surface area contributed by atoms with Crippen molar-refractivity contribution in [2.45, 2.75) is 64.6 Å². The molecule has 128 valence electrons. The van der Waals surface area contributed by atoms with E-state index >= 15 is 0 Å². The molecule has 5 nitrogen and oxygen atoms in total. The third-order valence-corrected chi connectivity index (χ3v) is 4.98. The molecule has 1 saturated heterocycles. The number of guanidine groups is 1. The second-order valence-electron chi connectivity index (χ2n) is 6.87. The van der Waals surface area contributed by atoms with Crippen LogP contribution in [0.15, 0.2) is 4.99 Å². The monoisotopic (exact) mass is 309 g/mol. The van der Waals surface area contributed by atoms with Crippen molar-refractivity contribution < 1.29 is 0 Å². The molecular weight excluding hydrogens is 274 g/mol. The first-order valence-corrected chi connectivity index (χ1v) is 9.10. The minimum absolute atomic E-state index is 0.640. The Labute approximate surface area is 136 Å². The highest BCUT2D eigenvalue weighted by atomic mass is 15.2. The number of hydrogen-bond donors (Lipinski definition) is 2. The average Bonchev–Trinajstić information content (AvgIpc) is 3.23. The zero-order chi connectivity index (χ0) is 15.9. The third-order valence-electron chi connectivity index (χ3n) is 4.98. The summed E-state index contributed by atoms with van der Waals surface area (Å²) in [7, 11) is 1.86. The average molecular weight is 310 g/mol. The van der Waals surface area contributed by atoms with Crippen LogP contribution in [0.1, 0.15) is 46.5 Å². The molecular formula is C17H35N5. The quantitative estimate of drug-likeness (QED) is 0.527. The van der Waals surface area contributed by atoms with Gasteiger partial charge >= 0.3 is 0 Å². The summed E-state index contributed by atoms with van der Waals surface area (Å²) in [6.45, 7) is 12.3. The van der Waals surface area contributed by atoms with Gasteiger partial charge in [0.05, 0.1) is 0 Å². The Morgan fingerprint density at radius 1 is 1.27 bits per heavy atom. The molecule has 0 bridgehead atoms. The van der Waals surface area contributed by atoms with E-state index < -0.39 is 0 Å². The smallest absolute Gasteiger partial charge is 0.191 e. The lowest BCUT2D eigenvalue weighted by atomic mass is 10.2. The highest BCUT2D eigenvalue weighted by molar-refractivity contribution is 5.79. The fraction of sp³-hybridized carbons (Fsp3) is 0.941. The van der Waals surface area contributed by atoms with E-state index in [9.17, 15) is 0 Å². The predicted molar refractivity (Wildman–Crippen MR) is 94.5 cm³/mol. The maximum absolute atomic E-state index is 4.36. The Hall–Kier alpha value is -0.810. The fourth-order valence-electron chi connectivity index (χ4n) is 3.55. The topological polar surface area (TPSA) is 42.9 Å². The summed E-state index contributed by atoms with van der Waals surface area (Å²) in [6.07, 6.45) is 5.39. The van der Waals surface area contributed by atoms with Crippen LogP contribution in [-0.4, -0.2) is 73.7 Å². The second-order valence-corrected chi connectivity index (χ2v) is 6.87. The molecule has 22 heavy (non-hydrogen) atoms. The van der Waals surface area contributed by atoms with E-state index in [2.05, 4.69) is 46.2 Å². The predicted octanol–water partition coefficient (Wildman–Crippen LogP) is 1.51. The van der Waals surface area contributed by atoms with Crippen LogP contribution in [0.25, 0.3) is 0 Å². The molecule has 1 unspecified atom stereocenters. The maximum Gasteiger partial charge on any atom is 0.191 e. The zero-order valence-corrected chi connectivity index (χ0v) is 14.9. The van der Waals surface area contributed by atoms with Crippen molar-refractivity contribution in [1.82, 2.24) is 20.4 Å². The Morgan fingerprint density at radius 3 is 2.64 bits per heavy atom. The van der Waals surface area contributed by atoms with Gasteiger partial charge in [-0.3, -0.25) is 14.8 Å². The molecule has 2 rings (SSSR count). The Bertz CT molecular complexity index is 349. The van der Waals surface area contributed by atoms with Crippen molar-refractivity contribution in [1.29, 1.82) is 0 Å². The summed E-state index contributed by atoms with van der Waals surface area (Å²) in [5.74, 6) is 0.947. The highest BCUT2D eigenvalue weighted by Gasteiger charge is 2.30.